The minimum Gasteiger partial charge on any atom is -1.00 e. The number of rotatable bonds is 8. The summed E-state index contributed by atoms with van der Waals surface area (Å²) in [7, 11) is 0. The Bertz CT molecular complexity index is 1290. The van der Waals surface area contributed by atoms with E-state index in [0.717, 1.165) is 45.1 Å². The Balaban J connectivity index is 0.00000162. The predicted octanol–water partition coefficient (Wildman–Crippen LogP) is -3.89. The Morgan fingerprint density at radius 3 is 1.42 bits per heavy atom. The molecule has 2 aromatic carbocycles. The molecule has 3 heterocycles. The Hall–Kier alpha value is -2.17. The van der Waals surface area contributed by atoms with Crippen LogP contribution in [0.1, 0.15) is 13.8 Å². The fourth-order valence-electron chi connectivity index (χ4n) is 3.85. The number of halogens is 3. The van der Waals surface area contributed by atoms with E-state index >= 15 is 0 Å². The van der Waals surface area contributed by atoms with Crippen LogP contribution in [-0.2, 0) is 39.7 Å². The van der Waals surface area contributed by atoms with E-state index < -0.39 is 0 Å². The molecule has 0 amide bonds. The zero-order valence-electron chi connectivity index (χ0n) is 19.7. The molecule has 11 heteroatoms. The van der Waals surface area contributed by atoms with E-state index in [0.29, 0.717) is 26.7 Å². The molecule has 7 nitrogen and oxygen atoms in total. The second kappa shape index (κ2) is 14.5. The molecule has 0 unspecified atom stereocenters. The number of para-hydroxylation sites is 4. The van der Waals surface area contributed by atoms with Crippen LogP contribution >= 0.6 is 0 Å². The molecule has 0 radical (unpaired) electrons. The normalized spacial score (nSPS) is 10.3. The van der Waals surface area contributed by atoms with Gasteiger partial charge in [0, 0.05) is 13.2 Å². The monoisotopic (exact) mass is 591 g/mol. The van der Waals surface area contributed by atoms with Gasteiger partial charge in [-0.3, -0.25) is 9.13 Å². The molecule has 5 rings (SSSR count). The minimum atomic E-state index is 0. The fourth-order valence-corrected chi connectivity index (χ4v) is 3.85. The summed E-state index contributed by atoms with van der Waals surface area (Å²) in [6.07, 6.45) is 0. The average Bonchev–Trinajstić information content (AvgIpc) is 3.40. The largest absolute Gasteiger partial charge is 3.00 e. The third kappa shape index (κ3) is 6.20. The van der Waals surface area contributed by atoms with Gasteiger partial charge in [-0.05, 0) is 50.2 Å². The van der Waals surface area contributed by atoms with Crippen LogP contribution in [0.2, 0.25) is 0 Å². The summed E-state index contributed by atoms with van der Waals surface area (Å²) in [6.45, 7) is 6.06. The van der Waals surface area contributed by atoms with Crippen molar-refractivity contribution in [2.24, 2.45) is 0 Å². The standard InChI is InChI=1S/C25H25N5O2.3ClH.Co/c1-3-31-16-29-22-14-7-5-10-18(22)27-24(29)20-12-9-13-21(26-20)25-28-19-11-6-8-15-23(19)30(25)17-32-4-2;;;;/h5-15H,3-4,16-17H2,1-2H3;3*1H;/q;;;;+3/p-3. The quantitative estimate of drug-likeness (QED) is 0.185. The van der Waals surface area contributed by atoms with Gasteiger partial charge < -0.3 is 46.7 Å². The van der Waals surface area contributed by atoms with Crippen molar-refractivity contribution in [1.29, 1.82) is 0 Å². The van der Waals surface area contributed by atoms with Crippen LogP contribution in [0.5, 0.6) is 0 Å². The van der Waals surface area contributed by atoms with Crippen LogP contribution in [-0.4, -0.2) is 37.3 Å². The van der Waals surface area contributed by atoms with Crippen LogP contribution in [0, 0.1) is 0 Å². The number of nitrogens with zero attached hydrogens (tertiary/aromatic N) is 5. The first-order valence-corrected chi connectivity index (χ1v) is 10.8. The number of fused-ring (bicyclic) bond motifs is 2. The van der Waals surface area contributed by atoms with Gasteiger partial charge in [0.2, 0.25) is 0 Å². The summed E-state index contributed by atoms with van der Waals surface area (Å²) in [4.78, 5) is 14.7. The maximum absolute atomic E-state index is 5.73. The first kappa shape index (κ1) is 31.9. The van der Waals surface area contributed by atoms with Crippen molar-refractivity contribution in [2.75, 3.05) is 13.2 Å². The third-order valence-electron chi connectivity index (χ3n) is 5.37. The van der Waals surface area contributed by atoms with E-state index in [9.17, 15) is 0 Å². The number of ether oxygens (including phenoxy) is 2. The first-order valence-electron chi connectivity index (χ1n) is 10.8. The smallest absolute Gasteiger partial charge is 1.00 e. The van der Waals surface area contributed by atoms with E-state index in [-0.39, 0.29) is 54.0 Å². The molecule has 0 fully saturated rings. The summed E-state index contributed by atoms with van der Waals surface area (Å²) in [5.74, 6) is 1.54. The molecule has 0 aliphatic rings. The Kier molecular flexibility index (Phi) is 12.9. The minimum absolute atomic E-state index is 0. The molecule has 0 aliphatic carbocycles. The van der Waals surface area contributed by atoms with Crippen molar-refractivity contribution in [3.05, 3.63) is 66.7 Å². The van der Waals surface area contributed by atoms with Gasteiger partial charge in [0.1, 0.15) is 24.8 Å². The van der Waals surface area contributed by atoms with Crippen LogP contribution in [0.15, 0.2) is 66.7 Å². The molecule has 0 saturated carbocycles. The molecule has 0 saturated heterocycles. The number of hydrogen-bond donors (Lipinski definition) is 0. The van der Waals surface area contributed by atoms with Gasteiger partial charge in [0.25, 0.3) is 0 Å². The van der Waals surface area contributed by atoms with Crippen molar-refractivity contribution >= 4 is 22.1 Å². The SMILES string of the molecule is CCOCn1c(-c2cccc(-c3nc4ccccc4n3COCC)n2)nc2ccccc21.[Cl-].[Cl-].[Cl-].[Co+3]. The number of hydrogen-bond acceptors (Lipinski definition) is 5. The van der Waals surface area contributed by atoms with E-state index in [1.165, 1.54) is 0 Å². The number of aromatic nitrogens is 5. The van der Waals surface area contributed by atoms with Crippen molar-refractivity contribution in [3.8, 4) is 23.0 Å². The Labute approximate surface area is 239 Å². The second-order valence-electron chi connectivity index (χ2n) is 7.36. The van der Waals surface area contributed by atoms with Crippen molar-refractivity contribution in [2.45, 2.75) is 27.3 Å². The molecule has 0 spiro atoms. The van der Waals surface area contributed by atoms with Crippen molar-refractivity contribution in [3.63, 3.8) is 0 Å². The van der Waals surface area contributed by atoms with Crippen LogP contribution in [0.3, 0.4) is 0 Å². The molecule has 0 bridgehead atoms. The fraction of sp³-hybridized carbons (Fsp3) is 0.240. The zero-order valence-corrected chi connectivity index (χ0v) is 23.0. The van der Waals surface area contributed by atoms with E-state index in [1.54, 1.807) is 0 Å². The van der Waals surface area contributed by atoms with E-state index in [2.05, 4.69) is 21.3 Å². The summed E-state index contributed by atoms with van der Waals surface area (Å²) < 4.78 is 15.6. The van der Waals surface area contributed by atoms with Gasteiger partial charge in [-0.2, -0.15) is 0 Å². The van der Waals surface area contributed by atoms with Gasteiger partial charge in [0.15, 0.2) is 11.6 Å². The van der Waals surface area contributed by atoms with Crippen LogP contribution in [0.25, 0.3) is 45.1 Å². The summed E-state index contributed by atoms with van der Waals surface area (Å²) in [6, 6.07) is 22.1. The maximum Gasteiger partial charge on any atom is 3.00 e. The summed E-state index contributed by atoms with van der Waals surface area (Å²) >= 11 is 0. The molecule has 0 atom stereocenters. The number of benzene rings is 2. The Morgan fingerprint density at radius 1 is 0.583 bits per heavy atom. The Morgan fingerprint density at radius 2 is 1.00 bits per heavy atom. The molecule has 0 aliphatic heterocycles. The molecule has 36 heavy (non-hydrogen) atoms. The summed E-state index contributed by atoms with van der Waals surface area (Å²) in [5.41, 5.74) is 5.41. The molecule has 192 valence electrons. The summed E-state index contributed by atoms with van der Waals surface area (Å²) in [5, 5.41) is 0. The number of pyridine rings is 1. The predicted molar refractivity (Wildman–Crippen MR) is 125 cm³/mol. The molecule has 5 aromatic rings. The van der Waals surface area contributed by atoms with Crippen molar-refractivity contribution < 1.29 is 63.5 Å². The average molecular weight is 593 g/mol. The van der Waals surface area contributed by atoms with Crippen molar-refractivity contribution in [1.82, 2.24) is 24.1 Å². The molecular formula is C25H25Cl3CoN5O2. The van der Waals surface area contributed by atoms with Gasteiger partial charge >= 0.3 is 16.8 Å². The molecular weight excluding hydrogens is 568 g/mol. The zero-order chi connectivity index (χ0) is 21.9. The third-order valence-corrected chi connectivity index (χ3v) is 5.37. The van der Waals surface area contributed by atoms with E-state index in [1.807, 2.05) is 68.4 Å². The van der Waals surface area contributed by atoms with Gasteiger partial charge in [-0.15, -0.1) is 0 Å². The van der Waals surface area contributed by atoms with E-state index in [4.69, 9.17) is 24.4 Å². The van der Waals surface area contributed by atoms with Gasteiger partial charge in [-0.25, -0.2) is 15.0 Å². The second-order valence-corrected chi connectivity index (χ2v) is 7.36. The first-order chi connectivity index (χ1) is 15.8. The van der Waals surface area contributed by atoms with Gasteiger partial charge in [0.05, 0.1) is 22.1 Å². The number of imidazole rings is 2. The van der Waals surface area contributed by atoms with Gasteiger partial charge in [-0.1, -0.05) is 30.3 Å². The molecule has 3 aromatic heterocycles. The van der Waals surface area contributed by atoms with Crippen LogP contribution in [0.4, 0.5) is 0 Å². The topological polar surface area (TPSA) is 67.0 Å². The maximum atomic E-state index is 5.73. The van der Waals surface area contributed by atoms with Crippen LogP contribution < -0.4 is 37.2 Å². The molecule has 0 N–H and O–H groups in total.